The first kappa shape index (κ1) is 32.2. The van der Waals surface area contributed by atoms with Crippen molar-refractivity contribution in [1.82, 2.24) is 0 Å². The Morgan fingerprint density at radius 3 is 2.06 bits per heavy atom. The molecule has 0 aliphatic carbocycles. The molecule has 9 nitrogen and oxygen atoms in total. The van der Waals surface area contributed by atoms with Crippen LogP contribution in [0.1, 0.15) is 96.8 Å². The summed E-state index contributed by atoms with van der Waals surface area (Å²) in [6, 6.07) is 0. The summed E-state index contributed by atoms with van der Waals surface area (Å²) in [5.41, 5.74) is 5.18. The van der Waals surface area contributed by atoms with Crippen molar-refractivity contribution < 1.29 is 38.2 Å². The van der Waals surface area contributed by atoms with Gasteiger partial charge in [0.05, 0.1) is 13.2 Å². The molecule has 1 unspecified atom stereocenters. The molecule has 0 spiro atoms. The molecule has 4 N–H and O–H groups in total. The molecule has 0 heterocycles. The number of esters is 1. The lowest BCUT2D eigenvalue weighted by atomic mass is 10.1. The van der Waals surface area contributed by atoms with Crippen LogP contribution in [0.2, 0.25) is 0 Å². The van der Waals surface area contributed by atoms with Crippen LogP contribution in [0.3, 0.4) is 0 Å². The summed E-state index contributed by atoms with van der Waals surface area (Å²) >= 11 is 0. The predicted octanol–water partition coefficient (Wildman–Crippen LogP) is 5.52. The minimum Gasteiger partial charge on any atom is -0.463 e. The molecule has 33 heavy (non-hydrogen) atoms. The summed E-state index contributed by atoms with van der Waals surface area (Å²) in [6.07, 6.45) is 19.1. The normalized spacial score (nSPS) is 14.4. The standard InChI is InChI=1S/C23H46NO8P/c1-2-3-4-5-6-7-8-9-10-11-12-13-14-15-16-17-23(25)29-20-22(32-26)21-31-33(27,28)30-19-18-24/h9-10,22,26H,2-8,11-21,24H2,1H3,(H,27,28)/b10-9-/t22-/m1/s1. The molecule has 0 aromatic heterocycles. The van der Waals surface area contributed by atoms with Crippen molar-refractivity contribution in [2.75, 3.05) is 26.4 Å². The molecule has 0 saturated carbocycles. The average molecular weight is 496 g/mol. The Bertz CT molecular complexity index is 533. The van der Waals surface area contributed by atoms with Crippen molar-refractivity contribution in [3.8, 4) is 0 Å². The summed E-state index contributed by atoms with van der Waals surface area (Å²) in [5.74, 6) is -0.416. The summed E-state index contributed by atoms with van der Waals surface area (Å²) < 4.78 is 25.7. The Kier molecular flexibility index (Phi) is 22.4. The van der Waals surface area contributed by atoms with Gasteiger partial charge in [-0.3, -0.25) is 19.1 Å². The Balaban J connectivity index is 3.60. The summed E-state index contributed by atoms with van der Waals surface area (Å²) in [4.78, 5) is 25.3. The Labute approximate surface area is 199 Å². The van der Waals surface area contributed by atoms with Crippen molar-refractivity contribution in [2.24, 2.45) is 5.73 Å². The highest BCUT2D eigenvalue weighted by atomic mass is 31.2. The molecule has 0 bridgehead atoms. The van der Waals surface area contributed by atoms with Crippen LogP contribution in [0.5, 0.6) is 0 Å². The molecule has 0 radical (unpaired) electrons. The van der Waals surface area contributed by atoms with Gasteiger partial charge in [-0.2, -0.15) is 0 Å². The van der Waals surface area contributed by atoms with E-state index in [-0.39, 0.29) is 26.2 Å². The lowest BCUT2D eigenvalue weighted by Gasteiger charge is -2.16. The molecule has 0 amide bonds. The second-order valence-corrected chi connectivity index (χ2v) is 9.58. The van der Waals surface area contributed by atoms with E-state index in [1.165, 1.54) is 44.9 Å². The van der Waals surface area contributed by atoms with Crippen LogP contribution in [-0.2, 0) is 28.0 Å². The second-order valence-electron chi connectivity index (χ2n) is 8.13. The largest absolute Gasteiger partial charge is 0.472 e. The molecule has 0 rings (SSSR count). The van der Waals surface area contributed by atoms with Crippen LogP contribution in [0.4, 0.5) is 0 Å². The lowest BCUT2D eigenvalue weighted by Crippen LogP contribution is -2.26. The van der Waals surface area contributed by atoms with Crippen molar-refractivity contribution in [2.45, 2.75) is 103 Å². The maximum Gasteiger partial charge on any atom is 0.472 e. The fraction of sp³-hybridized carbons (Fsp3) is 0.870. The summed E-state index contributed by atoms with van der Waals surface area (Å²) in [7, 11) is -4.29. The van der Waals surface area contributed by atoms with Crippen LogP contribution in [0.15, 0.2) is 12.2 Å². The molecule has 0 fully saturated rings. The number of hydrogen-bond donors (Lipinski definition) is 3. The highest BCUT2D eigenvalue weighted by Gasteiger charge is 2.24. The van der Waals surface area contributed by atoms with E-state index in [9.17, 15) is 14.3 Å². The molecule has 2 atom stereocenters. The van der Waals surface area contributed by atoms with E-state index in [0.717, 1.165) is 38.5 Å². The van der Waals surface area contributed by atoms with Crippen LogP contribution in [0.25, 0.3) is 0 Å². The Morgan fingerprint density at radius 1 is 0.909 bits per heavy atom. The number of nitrogens with two attached hydrogens (primary N) is 1. The zero-order chi connectivity index (χ0) is 24.6. The number of allylic oxidation sites excluding steroid dienone is 2. The predicted molar refractivity (Wildman–Crippen MR) is 129 cm³/mol. The third-order valence-corrected chi connectivity index (χ3v) is 6.00. The van der Waals surface area contributed by atoms with Crippen LogP contribution in [-0.4, -0.2) is 48.6 Å². The number of carbonyl (C=O) groups excluding carboxylic acids is 1. The van der Waals surface area contributed by atoms with Crippen LogP contribution in [0, 0.1) is 0 Å². The Hall–Kier alpha value is -0.800. The van der Waals surface area contributed by atoms with Gasteiger partial charge >= 0.3 is 13.8 Å². The second kappa shape index (κ2) is 23.0. The smallest absolute Gasteiger partial charge is 0.463 e. The SMILES string of the molecule is CCCCCCCC/C=C\CCCCCCCC(=O)OC[C@H](COP(=O)(O)OCCN)OO. The first-order chi connectivity index (χ1) is 15.9. The monoisotopic (exact) mass is 495 g/mol. The quantitative estimate of drug-likeness (QED) is 0.0395. The van der Waals surface area contributed by atoms with Gasteiger partial charge in [0, 0.05) is 13.0 Å². The van der Waals surface area contributed by atoms with E-state index in [2.05, 4.69) is 33.0 Å². The van der Waals surface area contributed by atoms with E-state index < -0.39 is 26.5 Å². The minimum atomic E-state index is -4.29. The van der Waals surface area contributed by atoms with E-state index in [1.54, 1.807) is 0 Å². The number of carbonyl (C=O) groups is 1. The van der Waals surface area contributed by atoms with Gasteiger partial charge in [0.15, 0.2) is 6.10 Å². The van der Waals surface area contributed by atoms with Gasteiger partial charge in [0.2, 0.25) is 0 Å². The number of ether oxygens (including phenoxy) is 1. The lowest BCUT2D eigenvalue weighted by molar-refractivity contribution is -0.290. The molecule has 10 heteroatoms. The van der Waals surface area contributed by atoms with Gasteiger partial charge < -0.3 is 15.4 Å². The summed E-state index contributed by atoms with van der Waals surface area (Å²) in [5, 5.41) is 8.82. The molecule has 196 valence electrons. The number of hydrogen-bond acceptors (Lipinski definition) is 8. The molecule has 0 aromatic rings. The molecular weight excluding hydrogens is 449 g/mol. The molecule has 0 aliphatic heterocycles. The van der Waals surface area contributed by atoms with E-state index in [1.807, 2.05) is 0 Å². The Morgan fingerprint density at radius 2 is 1.48 bits per heavy atom. The number of phosphoric ester groups is 1. The van der Waals surface area contributed by atoms with E-state index in [0.29, 0.717) is 0 Å². The average Bonchev–Trinajstić information content (AvgIpc) is 2.80. The molecule has 0 saturated heterocycles. The highest BCUT2D eigenvalue weighted by Crippen LogP contribution is 2.42. The number of unbranched alkanes of at least 4 members (excludes halogenated alkanes) is 11. The third-order valence-electron chi connectivity index (χ3n) is 5.02. The first-order valence-corrected chi connectivity index (χ1v) is 13.9. The number of rotatable bonds is 24. The van der Waals surface area contributed by atoms with Crippen LogP contribution < -0.4 is 5.73 Å². The van der Waals surface area contributed by atoms with Gasteiger partial charge in [0.1, 0.15) is 6.61 Å². The number of phosphoric acid groups is 1. The van der Waals surface area contributed by atoms with Crippen LogP contribution >= 0.6 is 7.82 Å². The summed E-state index contributed by atoms with van der Waals surface area (Å²) in [6.45, 7) is 1.38. The van der Waals surface area contributed by atoms with Crippen molar-refractivity contribution >= 4 is 13.8 Å². The molecule has 0 aromatic carbocycles. The minimum absolute atomic E-state index is 0.0573. The topological polar surface area (TPSA) is 138 Å². The first-order valence-electron chi connectivity index (χ1n) is 12.4. The maximum atomic E-state index is 11.8. The fourth-order valence-corrected chi connectivity index (χ4v) is 3.86. The maximum absolute atomic E-state index is 11.8. The van der Waals surface area contributed by atoms with Gasteiger partial charge in [-0.25, -0.2) is 9.45 Å². The van der Waals surface area contributed by atoms with Gasteiger partial charge in [-0.1, -0.05) is 70.4 Å². The van der Waals surface area contributed by atoms with Gasteiger partial charge in [0.25, 0.3) is 0 Å². The van der Waals surface area contributed by atoms with Crippen molar-refractivity contribution in [3.63, 3.8) is 0 Å². The van der Waals surface area contributed by atoms with Crippen molar-refractivity contribution in [1.29, 1.82) is 0 Å². The molecular formula is C23H46NO8P. The van der Waals surface area contributed by atoms with E-state index in [4.69, 9.17) is 15.7 Å². The molecule has 0 aliphatic rings. The highest BCUT2D eigenvalue weighted by molar-refractivity contribution is 7.47. The van der Waals surface area contributed by atoms with E-state index >= 15 is 0 Å². The van der Waals surface area contributed by atoms with Crippen molar-refractivity contribution in [3.05, 3.63) is 12.2 Å². The third kappa shape index (κ3) is 22.7. The zero-order valence-electron chi connectivity index (χ0n) is 20.3. The van der Waals surface area contributed by atoms with Gasteiger partial charge in [-0.05, 0) is 32.1 Å². The zero-order valence-corrected chi connectivity index (χ0v) is 21.2. The van der Waals surface area contributed by atoms with Gasteiger partial charge in [-0.15, -0.1) is 0 Å². The fourth-order valence-electron chi connectivity index (χ4n) is 3.09.